The maximum atomic E-state index is 12.5. The Morgan fingerprint density at radius 3 is 2.25 bits per heavy atom. The highest BCUT2D eigenvalue weighted by molar-refractivity contribution is 5.94. The largest absolute Gasteiger partial charge is 0.482 e. The molecule has 2 rings (SSSR count). The van der Waals surface area contributed by atoms with Gasteiger partial charge in [0.05, 0.1) is 7.11 Å². The number of esters is 1. The van der Waals surface area contributed by atoms with Gasteiger partial charge in [-0.2, -0.15) is 0 Å². The Hall–Kier alpha value is -3.39. The smallest absolute Gasteiger partial charge is 0.343 e. The highest BCUT2D eigenvalue weighted by Gasteiger charge is 2.20. The van der Waals surface area contributed by atoms with Crippen LogP contribution in [0.4, 0.5) is 0 Å². The van der Waals surface area contributed by atoms with Gasteiger partial charge in [-0.1, -0.05) is 36.4 Å². The monoisotopic (exact) mass is 385 g/mol. The fourth-order valence-corrected chi connectivity index (χ4v) is 2.42. The second kappa shape index (κ2) is 10.1. The van der Waals surface area contributed by atoms with E-state index in [0.717, 1.165) is 5.56 Å². The number of carbonyl (C=O) groups excluding carboxylic acids is 2. The number of carbonyl (C=O) groups is 2. The zero-order valence-corrected chi connectivity index (χ0v) is 15.7. The number of ether oxygens (including phenoxy) is 3. The third kappa shape index (κ3) is 5.82. The number of nitrogens with one attached hydrogen (secondary N) is 2. The van der Waals surface area contributed by atoms with Gasteiger partial charge in [-0.15, -0.1) is 0 Å². The highest BCUT2D eigenvalue weighted by atomic mass is 16.6. The van der Waals surface area contributed by atoms with Crippen molar-refractivity contribution in [3.63, 3.8) is 0 Å². The molecule has 0 heterocycles. The lowest BCUT2D eigenvalue weighted by Crippen LogP contribution is -2.30. The molecule has 0 aromatic heterocycles. The van der Waals surface area contributed by atoms with E-state index in [1.165, 1.54) is 14.2 Å². The van der Waals surface area contributed by atoms with Crippen LogP contribution in [0.1, 0.15) is 22.8 Å². The van der Waals surface area contributed by atoms with E-state index in [1.54, 1.807) is 48.5 Å². The van der Waals surface area contributed by atoms with Crippen LogP contribution >= 0.6 is 0 Å². The van der Waals surface area contributed by atoms with Crippen molar-refractivity contribution in [2.24, 2.45) is 5.73 Å². The molecule has 0 spiro atoms. The molecular formula is C20H23N3O5. The van der Waals surface area contributed by atoms with Gasteiger partial charge in [-0.25, -0.2) is 4.79 Å². The molecule has 0 aliphatic rings. The second-order valence-corrected chi connectivity index (χ2v) is 5.88. The number of nitrogens with two attached hydrogens (primary N) is 1. The first kappa shape index (κ1) is 20.9. The zero-order chi connectivity index (χ0) is 20.5. The maximum absolute atomic E-state index is 12.5. The van der Waals surface area contributed by atoms with Crippen molar-refractivity contribution in [2.75, 3.05) is 20.8 Å². The number of amides is 1. The van der Waals surface area contributed by atoms with Crippen molar-refractivity contribution >= 4 is 17.7 Å². The molecule has 4 N–H and O–H groups in total. The quantitative estimate of drug-likeness (QED) is 0.342. The van der Waals surface area contributed by atoms with Crippen LogP contribution in [0.3, 0.4) is 0 Å². The number of nitrogen functional groups attached to an aromatic ring is 1. The molecule has 0 radical (unpaired) electrons. The maximum Gasteiger partial charge on any atom is 0.343 e. The molecule has 148 valence electrons. The summed E-state index contributed by atoms with van der Waals surface area (Å²) >= 11 is 0. The minimum Gasteiger partial charge on any atom is -0.482 e. The van der Waals surface area contributed by atoms with E-state index >= 15 is 0 Å². The Labute approximate surface area is 163 Å². The van der Waals surface area contributed by atoms with Crippen LogP contribution in [0.2, 0.25) is 0 Å². The van der Waals surface area contributed by atoms with E-state index in [2.05, 4.69) is 10.1 Å². The van der Waals surface area contributed by atoms with Crippen molar-refractivity contribution in [2.45, 2.75) is 12.6 Å². The fourth-order valence-electron chi connectivity index (χ4n) is 2.42. The van der Waals surface area contributed by atoms with Crippen LogP contribution in [0.5, 0.6) is 5.75 Å². The van der Waals surface area contributed by atoms with Gasteiger partial charge in [0.25, 0.3) is 5.91 Å². The molecule has 0 aliphatic heterocycles. The second-order valence-electron chi connectivity index (χ2n) is 5.88. The first-order chi connectivity index (χ1) is 13.4. The summed E-state index contributed by atoms with van der Waals surface area (Å²) in [6.07, 6.45) is -0.786. The van der Waals surface area contributed by atoms with Crippen molar-refractivity contribution in [3.05, 3.63) is 65.2 Å². The summed E-state index contributed by atoms with van der Waals surface area (Å²) in [7, 11) is 2.74. The van der Waals surface area contributed by atoms with E-state index in [4.69, 9.17) is 20.6 Å². The molecule has 28 heavy (non-hydrogen) atoms. The number of hydrogen-bond donors (Lipinski definition) is 3. The predicted octanol–water partition coefficient (Wildman–Crippen LogP) is 1.53. The highest BCUT2D eigenvalue weighted by Crippen LogP contribution is 2.21. The van der Waals surface area contributed by atoms with Crippen molar-refractivity contribution < 1.29 is 23.8 Å². The Bertz CT molecular complexity index is 819. The summed E-state index contributed by atoms with van der Waals surface area (Å²) < 4.78 is 15.1. The molecule has 0 fully saturated rings. The standard InChI is InChI=1S/C20H23N3O5/c1-26-17(24)12-28-16-9-7-14(8-10-16)18(27-2)20(25)23-11-13-3-5-15(6-4-13)19(21)22/h3-10,18H,11-12H2,1-2H3,(H3,21,22)(H,23,25). The van der Waals surface area contributed by atoms with Gasteiger partial charge >= 0.3 is 5.97 Å². The molecule has 0 bridgehead atoms. The summed E-state index contributed by atoms with van der Waals surface area (Å²) in [5, 5.41) is 10.2. The minimum absolute atomic E-state index is 0.00551. The number of methoxy groups -OCH3 is 2. The Morgan fingerprint density at radius 1 is 1.07 bits per heavy atom. The minimum atomic E-state index is -0.786. The van der Waals surface area contributed by atoms with Gasteiger partial charge in [-0.3, -0.25) is 10.2 Å². The van der Waals surface area contributed by atoms with Crippen LogP contribution in [0, 0.1) is 5.41 Å². The Balaban J connectivity index is 1.94. The number of rotatable bonds is 9. The first-order valence-electron chi connectivity index (χ1n) is 8.48. The summed E-state index contributed by atoms with van der Waals surface area (Å²) in [6.45, 7) is 0.129. The number of hydrogen-bond acceptors (Lipinski definition) is 6. The van der Waals surface area contributed by atoms with Gasteiger partial charge in [0.2, 0.25) is 0 Å². The summed E-state index contributed by atoms with van der Waals surface area (Å²) in [4.78, 5) is 23.6. The topological polar surface area (TPSA) is 124 Å². The molecular weight excluding hydrogens is 362 g/mol. The summed E-state index contributed by atoms with van der Waals surface area (Å²) in [6, 6.07) is 13.7. The van der Waals surface area contributed by atoms with E-state index in [0.29, 0.717) is 23.4 Å². The lowest BCUT2D eigenvalue weighted by atomic mass is 10.1. The normalized spacial score (nSPS) is 11.4. The van der Waals surface area contributed by atoms with E-state index in [1.807, 2.05) is 0 Å². The zero-order valence-electron chi connectivity index (χ0n) is 15.7. The number of benzene rings is 2. The van der Waals surface area contributed by atoms with E-state index in [-0.39, 0.29) is 18.3 Å². The predicted molar refractivity (Wildman–Crippen MR) is 103 cm³/mol. The molecule has 2 aromatic carbocycles. The molecule has 0 aliphatic carbocycles. The summed E-state index contributed by atoms with van der Waals surface area (Å²) in [5.74, 6) is -0.292. The van der Waals surface area contributed by atoms with Gasteiger partial charge < -0.3 is 25.3 Å². The fraction of sp³-hybridized carbons (Fsp3) is 0.250. The van der Waals surface area contributed by atoms with E-state index < -0.39 is 12.1 Å². The van der Waals surface area contributed by atoms with Gasteiger partial charge in [0, 0.05) is 19.2 Å². The average Bonchev–Trinajstić information content (AvgIpc) is 2.72. The van der Waals surface area contributed by atoms with Crippen LogP contribution in [-0.4, -0.2) is 38.5 Å². The van der Waals surface area contributed by atoms with Gasteiger partial charge in [0.15, 0.2) is 12.7 Å². The SMILES string of the molecule is COC(=O)COc1ccc(C(OC)C(=O)NCc2ccc(C(=N)N)cc2)cc1. The molecule has 8 nitrogen and oxygen atoms in total. The van der Waals surface area contributed by atoms with E-state index in [9.17, 15) is 9.59 Å². The first-order valence-corrected chi connectivity index (χ1v) is 8.48. The molecule has 1 unspecified atom stereocenters. The van der Waals surface area contributed by atoms with Crippen molar-refractivity contribution in [1.29, 1.82) is 5.41 Å². The Morgan fingerprint density at radius 2 is 1.71 bits per heavy atom. The third-order valence-corrected chi connectivity index (χ3v) is 3.97. The summed E-state index contributed by atoms with van der Waals surface area (Å²) in [5.41, 5.74) is 7.57. The average molecular weight is 385 g/mol. The van der Waals surface area contributed by atoms with Crippen molar-refractivity contribution in [3.8, 4) is 5.75 Å². The molecule has 2 aromatic rings. The lowest BCUT2D eigenvalue weighted by molar-refractivity contribution is -0.142. The van der Waals surface area contributed by atoms with Gasteiger partial charge in [-0.05, 0) is 23.3 Å². The number of amidine groups is 1. The van der Waals surface area contributed by atoms with Gasteiger partial charge in [0.1, 0.15) is 11.6 Å². The molecule has 1 atom stereocenters. The van der Waals surface area contributed by atoms with Crippen LogP contribution < -0.4 is 15.8 Å². The Kier molecular flexibility index (Phi) is 7.53. The molecule has 1 amide bonds. The van der Waals surface area contributed by atoms with Crippen molar-refractivity contribution in [1.82, 2.24) is 5.32 Å². The molecule has 0 saturated heterocycles. The lowest BCUT2D eigenvalue weighted by Gasteiger charge is -2.16. The van der Waals surface area contributed by atoms with Crippen LogP contribution in [0.15, 0.2) is 48.5 Å². The molecule has 8 heteroatoms. The van der Waals surface area contributed by atoms with Crippen LogP contribution in [0.25, 0.3) is 0 Å². The third-order valence-electron chi connectivity index (χ3n) is 3.97. The molecule has 0 saturated carbocycles. The van der Waals surface area contributed by atoms with Crippen LogP contribution in [-0.2, 0) is 25.6 Å².